The number of hydrogen-bond donors (Lipinski definition) is 2. The number of para-hydroxylation sites is 1. The van der Waals surface area contributed by atoms with Crippen molar-refractivity contribution in [3.63, 3.8) is 0 Å². The van der Waals surface area contributed by atoms with Crippen molar-refractivity contribution in [1.82, 2.24) is 15.5 Å². The van der Waals surface area contributed by atoms with Gasteiger partial charge in [-0.05, 0) is 25.1 Å². The molecule has 0 atom stereocenters. The quantitative estimate of drug-likeness (QED) is 0.614. The second-order valence-corrected chi connectivity index (χ2v) is 5.51. The second-order valence-electron chi connectivity index (χ2n) is 5.51. The summed E-state index contributed by atoms with van der Waals surface area (Å²) in [6.45, 7) is 6.99. The highest BCUT2D eigenvalue weighted by Gasteiger charge is 2.08. The molecule has 1 aromatic carbocycles. The minimum absolute atomic E-state index is 0.0648. The number of carbonyl (C=O) groups is 1. The fourth-order valence-corrected chi connectivity index (χ4v) is 2.42. The van der Waals surface area contributed by atoms with Crippen LogP contribution in [0.5, 0.6) is 5.75 Å². The van der Waals surface area contributed by atoms with Gasteiger partial charge < -0.3 is 25.0 Å². The summed E-state index contributed by atoms with van der Waals surface area (Å²) in [6, 6.07) is 9.57. The van der Waals surface area contributed by atoms with E-state index in [1.54, 1.807) is 0 Å². The largest absolute Gasteiger partial charge is 0.491 e. The summed E-state index contributed by atoms with van der Waals surface area (Å²) in [5, 5.41) is 6.21. The van der Waals surface area contributed by atoms with Gasteiger partial charge in [-0.2, -0.15) is 0 Å². The molecule has 2 rings (SSSR count). The number of ether oxygens (including phenoxy) is 2. The maximum Gasteiger partial charge on any atom is 0.246 e. The van der Waals surface area contributed by atoms with E-state index in [0.29, 0.717) is 19.8 Å². The highest BCUT2D eigenvalue weighted by Crippen LogP contribution is 2.07. The molecule has 1 heterocycles. The molecule has 2 N–H and O–H groups in total. The van der Waals surface area contributed by atoms with Crippen molar-refractivity contribution >= 4 is 5.91 Å². The lowest BCUT2D eigenvalue weighted by molar-refractivity contribution is -0.125. The van der Waals surface area contributed by atoms with Crippen LogP contribution in [0.25, 0.3) is 0 Å². The first-order valence-electron chi connectivity index (χ1n) is 8.30. The van der Waals surface area contributed by atoms with Crippen LogP contribution < -0.4 is 15.4 Å². The molecule has 128 valence electrons. The number of hydrogen-bond acceptors (Lipinski definition) is 5. The van der Waals surface area contributed by atoms with Crippen molar-refractivity contribution in [1.29, 1.82) is 0 Å². The lowest BCUT2D eigenvalue weighted by Gasteiger charge is -2.27. The number of amides is 1. The van der Waals surface area contributed by atoms with Gasteiger partial charge in [0.05, 0.1) is 6.61 Å². The van der Waals surface area contributed by atoms with Gasteiger partial charge >= 0.3 is 0 Å². The highest BCUT2D eigenvalue weighted by atomic mass is 16.5. The lowest BCUT2D eigenvalue weighted by atomic mass is 10.3. The predicted octanol–water partition coefficient (Wildman–Crippen LogP) is 0.494. The molecule has 0 radical (unpaired) electrons. The molecule has 23 heavy (non-hydrogen) atoms. The first kappa shape index (κ1) is 17.7. The van der Waals surface area contributed by atoms with Crippen LogP contribution in [0, 0.1) is 0 Å². The topological polar surface area (TPSA) is 62.8 Å². The van der Waals surface area contributed by atoms with Gasteiger partial charge in [-0.25, -0.2) is 0 Å². The molecular weight excluding hydrogens is 294 g/mol. The summed E-state index contributed by atoms with van der Waals surface area (Å²) in [5.74, 6) is 0.749. The number of piperazine rings is 1. The third-order valence-electron chi connectivity index (χ3n) is 3.66. The van der Waals surface area contributed by atoms with E-state index in [1.807, 2.05) is 30.3 Å². The Morgan fingerprint density at radius 1 is 1.17 bits per heavy atom. The van der Waals surface area contributed by atoms with Crippen LogP contribution in [0.15, 0.2) is 30.3 Å². The predicted molar refractivity (Wildman–Crippen MR) is 89.7 cm³/mol. The minimum atomic E-state index is -0.0648. The van der Waals surface area contributed by atoms with Crippen molar-refractivity contribution in [2.24, 2.45) is 0 Å². The van der Waals surface area contributed by atoms with E-state index in [1.165, 1.54) is 0 Å². The summed E-state index contributed by atoms with van der Waals surface area (Å²) in [6.07, 6.45) is 0.975. The molecule has 1 fully saturated rings. The van der Waals surface area contributed by atoms with E-state index >= 15 is 0 Å². The molecule has 0 bridgehead atoms. The number of carbonyl (C=O) groups excluding carboxylic acids is 1. The van der Waals surface area contributed by atoms with Gasteiger partial charge in [-0.1, -0.05) is 18.2 Å². The van der Waals surface area contributed by atoms with E-state index in [2.05, 4.69) is 15.5 Å². The number of nitrogens with zero attached hydrogens (tertiary/aromatic N) is 1. The monoisotopic (exact) mass is 321 g/mol. The zero-order chi connectivity index (χ0) is 16.2. The molecule has 1 aromatic rings. The van der Waals surface area contributed by atoms with Crippen LogP contribution in [0.4, 0.5) is 0 Å². The Hall–Kier alpha value is -1.63. The Balaban J connectivity index is 1.41. The van der Waals surface area contributed by atoms with E-state index in [-0.39, 0.29) is 12.5 Å². The van der Waals surface area contributed by atoms with Gasteiger partial charge in [-0.3, -0.25) is 4.79 Å². The van der Waals surface area contributed by atoms with Crippen LogP contribution in [-0.2, 0) is 9.53 Å². The number of nitrogens with one attached hydrogen (secondary N) is 2. The Morgan fingerprint density at radius 2 is 1.96 bits per heavy atom. The van der Waals surface area contributed by atoms with Crippen molar-refractivity contribution < 1.29 is 14.3 Å². The molecule has 6 heteroatoms. The van der Waals surface area contributed by atoms with Crippen molar-refractivity contribution in [2.45, 2.75) is 6.42 Å². The first-order valence-corrected chi connectivity index (χ1v) is 8.30. The van der Waals surface area contributed by atoms with Gasteiger partial charge in [0.25, 0.3) is 0 Å². The summed E-state index contributed by atoms with van der Waals surface area (Å²) in [4.78, 5) is 14.0. The normalized spacial score (nSPS) is 15.3. The molecule has 0 spiro atoms. The molecule has 0 aromatic heterocycles. The molecule has 1 saturated heterocycles. The van der Waals surface area contributed by atoms with Gasteiger partial charge in [0.15, 0.2) is 0 Å². The Labute approximate surface area is 138 Å². The molecule has 6 nitrogen and oxygen atoms in total. The van der Waals surface area contributed by atoms with Crippen molar-refractivity contribution in [2.75, 3.05) is 59.1 Å². The fourth-order valence-electron chi connectivity index (χ4n) is 2.42. The zero-order valence-corrected chi connectivity index (χ0v) is 13.6. The highest BCUT2D eigenvalue weighted by molar-refractivity contribution is 5.77. The Morgan fingerprint density at radius 3 is 2.74 bits per heavy atom. The van der Waals surface area contributed by atoms with Crippen molar-refractivity contribution in [3.8, 4) is 5.75 Å². The maximum absolute atomic E-state index is 11.6. The van der Waals surface area contributed by atoms with Crippen molar-refractivity contribution in [3.05, 3.63) is 30.3 Å². The fraction of sp³-hybridized carbons (Fsp3) is 0.588. The SMILES string of the molecule is O=C(COCCOc1ccccc1)NCCCN1CCNCC1. The maximum atomic E-state index is 11.6. The zero-order valence-electron chi connectivity index (χ0n) is 13.6. The molecule has 1 aliphatic heterocycles. The molecule has 0 aliphatic carbocycles. The average molecular weight is 321 g/mol. The van der Waals surface area contributed by atoms with E-state index in [4.69, 9.17) is 9.47 Å². The number of rotatable bonds is 10. The first-order chi connectivity index (χ1) is 11.3. The molecule has 0 saturated carbocycles. The van der Waals surface area contributed by atoms with Crippen LogP contribution >= 0.6 is 0 Å². The summed E-state index contributed by atoms with van der Waals surface area (Å²) < 4.78 is 10.8. The lowest BCUT2D eigenvalue weighted by Crippen LogP contribution is -2.44. The molecule has 0 unspecified atom stereocenters. The van der Waals surface area contributed by atoms with Crippen LogP contribution in [0.1, 0.15) is 6.42 Å². The third kappa shape index (κ3) is 7.97. The second kappa shape index (κ2) is 11.0. The van der Waals surface area contributed by atoms with E-state index in [9.17, 15) is 4.79 Å². The average Bonchev–Trinajstić information content (AvgIpc) is 2.60. The number of benzene rings is 1. The molecule has 1 aliphatic rings. The summed E-state index contributed by atoms with van der Waals surface area (Å²) in [7, 11) is 0. The van der Waals surface area contributed by atoms with Gasteiger partial charge in [0.1, 0.15) is 19.0 Å². The Kier molecular flexibility index (Phi) is 8.47. The minimum Gasteiger partial charge on any atom is -0.491 e. The third-order valence-corrected chi connectivity index (χ3v) is 3.66. The van der Waals surface area contributed by atoms with Gasteiger partial charge in [0.2, 0.25) is 5.91 Å². The summed E-state index contributed by atoms with van der Waals surface area (Å²) in [5.41, 5.74) is 0. The standard InChI is InChI=1S/C17H27N3O3/c21-17(19-7-4-10-20-11-8-18-9-12-20)15-22-13-14-23-16-5-2-1-3-6-16/h1-3,5-6,18H,4,7-15H2,(H,19,21). The van der Waals surface area contributed by atoms with Crippen LogP contribution in [-0.4, -0.2) is 69.9 Å². The van der Waals surface area contributed by atoms with Gasteiger partial charge in [-0.15, -0.1) is 0 Å². The van der Waals surface area contributed by atoms with Crippen LogP contribution in [0.2, 0.25) is 0 Å². The van der Waals surface area contributed by atoms with E-state index in [0.717, 1.165) is 44.9 Å². The van der Waals surface area contributed by atoms with E-state index < -0.39 is 0 Å². The smallest absolute Gasteiger partial charge is 0.246 e. The summed E-state index contributed by atoms with van der Waals surface area (Å²) >= 11 is 0. The van der Waals surface area contributed by atoms with Gasteiger partial charge in [0, 0.05) is 32.7 Å². The molecular formula is C17H27N3O3. The van der Waals surface area contributed by atoms with Crippen LogP contribution in [0.3, 0.4) is 0 Å². The Bertz CT molecular complexity index is 436. The molecule has 1 amide bonds.